The van der Waals surface area contributed by atoms with Gasteiger partial charge < -0.3 is 20.7 Å². The van der Waals surface area contributed by atoms with E-state index in [-0.39, 0.29) is 5.75 Å². The number of nitrogens with two attached hydrogens (primary N) is 1. The molecule has 1 fully saturated rings. The number of nitrogen functional groups attached to an aromatic ring is 1. The zero-order valence-corrected chi connectivity index (χ0v) is 17.6. The van der Waals surface area contributed by atoms with Gasteiger partial charge in [-0.15, -0.1) is 13.2 Å². The van der Waals surface area contributed by atoms with E-state index in [2.05, 4.69) is 63.5 Å². The van der Waals surface area contributed by atoms with E-state index in [9.17, 15) is 13.2 Å². The third kappa shape index (κ3) is 5.34. The average Bonchev–Trinajstić information content (AvgIpc) is 3.24. The van der Waals surface area contributed by atoms with Crippen LogP contribution in [0.3, 0.4) is 0 Å². The lowest BCUT2D eigenvalue weighted by molar-refractivity contribution is -0.274. The predicted octanol–water partition coefficient (Wildman–Crippen LogP) is 5.45. The third-order valence-corrected chi connectivity index (χ3v) is 5.68. The minimum Gasteiger partial charge on any atom is -0.406 e. The zero-order chi connectivity index (χ0) is 22.6. The van der Waals surface area contributed by atoms with Crippen LogP contribution in [-0.2, 0) is 12.8 Å². The van der Waals surface area contributed by atoms with Gasteiger partial charge in [-0.2, -0.15) is 0 Å². The van der Waals surface area contributed by atoms with Crippen LogP contribution < -0.4 is 20.7 Å². The number of hydrogen-bond acceptors (Lipinski definition) is 4. The molecule has 2 aliphatic heterocycles. The van der Waals surface area contributed by atoms with Crippen molar-refractivity contribution in [3.05, 3.63) is 83.9 Å². The maximum absolute atomic E-state index is 11.6. The minimum atomic E-state index is -4.64. The molecule has 2 heterocycles. The van der Waals surface area contributed by atoms with Gasteiger partial charge in [-0.25, -0.2) is 0 Å². The van der Waals surface area contributed by atoms with Gasteiger partial charge in [0.05, 0.1) is 0 Å². The van der Waals surface area contributed by atoms with E-state index >= 15 is 0 Å². The Kier molecular flexibility index (Phi) is 6.55. The van der Waals surface area contributed by atoms with Crippen molar-refractivity contribution in [2.24, 2.45) is 0 Å². The van der Waals surface area contributed by atoms with Gasteiger partial charge in [-0.05, 0) is 73.3 Å². The van der Waals surface area contributed by atoms with Crippen LogP contribution in [-0.4, -0.2) is 25.5 Å². The number of halogens is 3. The fourth-order valence-corrected chi connectivity index (χ4v) is 4.24. The fourth-order valence-electron chi connectivity index (χ4n) is 4.24. The van der Waals surface area contributed by atoms with Crippen molar-refractivity contribution in [1.82, 2.24) is 5.32 Å². The Bertz CT molecular complexity index is 984. The number of fused-ring (bicyclic) bond motifs is 2. The maximum atomic E-state index is 11.6. The summed E-state index contributed by atoms with van der Waals surface area (Å²) in [6.45, 7) is 2.22. The molecule has 7 heteroatoms. The summed E-state index contributed by atoms with van der Waals surface area (Å²) in [5.41, 5.74) is 11.4. The van der Waals surface area contributed by atoms with E-state index < -0.39 is 6.36 Å². The number of para-hydroxylation sites is 2. The van der Waals surface area contributed by atoms with Gasteiger partial charge in [0.1, 0.15) is 5.75 Å². The molecule has 0 saturated carbocycles. The monoisotopic (exact) mass is 441 g/mol. The fraction of sp³-hybridized carbons (Fsp3) is 0.280. The van der Waals surface area contributed by atoms with Gasteiger partial charge in [0, 0.05) is 29.6 Å². The summed E-state index contributed by atoms with van der Waals surface area (Å²) in [5.74, 6) is -0.267. The van der Waals surface area contributed by atoms with Gasteiger partial charge in [-0.3, -0.25) is 0 Å². The number of nitrogens with one attached hydrogen (secondary N) is 1. The lowest BCUT2D eigenvalue weighted by Gasteiger charge is -2.32. The SMILES string of the molecule is Nc1ccc(OC(F)(F)F)cc1.c1ccc2c(c1)CCc1ccccc1N2C1CCNC1. The molecule has 168 valence electrons. The highest BCUT2D eigenvalue weighted by Gasteiger charge is 2.31. The highest BCUT2D eigenvalue weighted by molar-refractivity contribution is 5.72. The van der Waals surface area contributed by atoms with Gasteiger partial charge in [0.15, 0.2) is 0 Å². The number of anilines is 3. The Morgan fingerprint density at radius 2 is 1.41 bits per heavy atom. The van der Waals surface area contributed by atoms with Crippen LogP contribution >= 0.6 is 0 Å². The van der Waals surface area contributed by atoms with Gasteiger partial charge in [0.25, 0.3) is 0 Å². The molecule has 1 unspecified atom stereocenters. The Morgan fingerprint density at radius 3 is 1.91 bits per heavy atom. The highest BCUT2D eigenvalue weighted by Crippen LogP contribution is 2.38. The van der Waals surface area contributed by atoms with E-state index in [0.717, 1.165) is 38.1 Å². The molecule has 5 rings (SSSR count). The standard InChI is InChI=1S/C18H20N2.C7H6F3NO/c1-3-7-17-14(5-1)9-10-15-6-2-4-8-18(15)20(17)16-11-12-19-13-16;8-7(9,10)12-6-3-1-5(11)2-4-6/h1-8,16,19H,9-13H2;1-4H,11H2. The van der Waals surface area contributed by atoms with E-state index in [0.29, 0.717) is 11.7 Å². The molecule has 0 aromatic heterocycles. The van der Waals surface area contributed by atoms with E-state index in [1.54, 1.807) is 0 Å². The molecule has 3 N–H and O–H groups in total. The Morgan fingerprint density at radius 1 is 0.844 bits per heavy atom. The van der Waals surface area contributed by atoms with Crippen LogP contribution in [0.4, 0.5) is 30.2 Å². The summed E-state index contributed by atoms with van der Waals surface area (Å²) in [4.78, 5) is 2.58. The molecule has 3 aromatic carbocycles. The quantitative estimate of drug-likeness (QED) is 0.519. The first-order chi connectivity index (χ1) is 15.4. The van der Waals surface area contributed by atoms with E-state index in [1.807, 2.05) is 0 Å². The van der Waals surface area contributed by atoms with Crippen LogP contribution in [0.5, 0.6) is 5.75 Å². The van der Waals surface area contributed by atoms with Crippen LogP contribution in [0.25, 0.3) is 0 Å². The molecule has 0 bridgehead atoms. The first kappa shape index (κ1) is 22.0. The molecule has 3 aromatic rings. The Hall–Kier alpha value is -3.19. The molecule has 0 aliphatic carbocycles. The largest absolute Gasteiger partial charge is 0.573 e. The van der Waals surface area contributed by atoms with Crippen molar-refractivity contribution in [2.45, 2.75) is 31.7 Å². The summed E-state index contributed by atoms with van der Waals surface area (Å²) >= 11 is 0. The number of ether oxygens (including phenoxy) is 1. The first-order valence-corrected chi connectivity index (χ1v) is 10.7. The number of rotatable bonds is 2. The predicted molar refractivity (Wildman–Crippen MR) is 121 cm³/mol. The lowest BCUT2D eigenvalue weighted by Crippen LogP contribution is -2.33. The third-order valence-electron chi connectivity index (χ3n) is 5.68. The molecular formula is C25H26F3N3O. The smallest absolute Gasteiger partial charge is 0.406 e. The molecular weight excluding hydrogens is 415 g/mol. The van der Waals surface area contributed by atoms with Crippen LogP contribution in [0.1, 0.15) is 17.5 Å². The summed E-state index contributed by atoms with van der Waals surface area (Å²) < 4.78 is 38.4. The molecule has 2 aliphatic rings. The molecule has 1 saturated heterocycles. The molecule has 0 radical (unpaired) electrons. The second kappa shape index (κ2) is 9.53. The second-order valence-electron chi connectivity index (χ2n) is 7.89. The molecule has 0 amide bonds. The molecule has 0 spiro atoms. The van der Waals surface area contributed by atoms with Crippen molar-refractivity contribution in [3.8, 4) is 5.75 Å². The topological polar surface area (TPSA) is 50.5 Å². The summed E-state index contributed by atoms with van der Waals surface area (Å²) in [6, 6.07) is 23.4. The number of aryl methyl sites for hydroxylation is 2. The summed E-state index contributed by atoms with van der Waals surface area (Å²) in [7, 11) is 0. The number of nitrogens with zero attached hydrogens (tertiary/aromatic N) is 1. The Labute approximate surface area is 185 Å². The zero-order valence-electron chi connectivity index (χ0n) is 17.6. The van der Waals surface area contributed by atoms with Crippen LogP contribution in [0.2, 0.25) is 0 Å². The van der Waals surface area contributed by atoms with E-state index in [1.165, 1.54) is 41.1 Å². The number of benzene rings is 3. The molecule has 32 heavy (non-hydrogen) atoms. The van der Waals surface area contributed by atoms with Crippen molar-refractivity contribution in [1.29, 1.82) is 0 Å². The van der Waals surface area contributed by atoms with Gasteiger partial charge in [-0.1, -0.05) is 36.4 Å². The van der Waals surface area contributed by atoms with Crippen molar-refractivity contribution in [3.63, 3.8) is 0 Å². The lowest BCUT2D eigenvalue weighted by atomic mass is 10.0. The molecule has 4 nitrogen and oxygen atoms in total. The van der Waals surface area contributed by atoms with Crippen molar-refractivity contribution < 1.29 is 17.9 Å². The van der Waals surface area contributed by atoms with Gasteiger partial charge in [0.2, 0.25) is 0 Å². The Balaban J connectivity index is 0.000000176. The van der Waals surface area contributed by atoms with Crippen LogP contribution in [0.15, 0.2) is 72.8 Å². The minimum absolute atomic E-state index is 0.267. The summed E-state index contributed by atoms with van der Waals surface area (Å²) in [6.07, 6.45) is -1.13. The maximum Gasteiger partial charge on any atom is 0.573 e. The number of hydrogen-bond donors (Lipinski definition) is 2. The molecule has 1 atom stereocenters. The first-order valence-electron chi connectivity index (χ1n) is 10.7. The number of alkyl halides is 3. The normalized spacial score (nSPS) is 17.5. The van der Waals surface area contributed by atoms with Crippen LogP contribution in [0, 0.1) is 0 Å². The van der Waals surface area contributed by atoms with Gasteiger partial charge >= 0.3 is 6.36 Å². The summed E-state index contributed by atoms with van der Waals surface area (Å²) in [5, 5.41) is 3.51. The highest BCUT2D eigenvalue weighted by atomic mass is 19.4. The second-order valence-corrected chi connectivity index (χ2v) is 7.89. The van der Waals surface area contributed by atoms with Crippen molar-refractivity contribution in [2.75, 3.05) is 23.7 Å². The average molecular weight is 441 g/mol. The van der Waals surface area contributed by atoms with Crippen molar-refractivity contribution >= 4 is 17.1 Å². The van der Waals surface area contributed by atoms with E-state index in [4.69, 9.17) is 5.73 Å².